The Morgan fingerprint density at radius 1 is 0.976 bits per heavy atom. The fraction of sp³-hybridized carbons (Fsp3) is 0.433. The molecule has 0 bridgehead atoms. The summed E-state index contributed by atoms with van der Waals surface area (Å²) in [7, 11) is -3.81. The summed E-state index contributed by atoms with van der Waals surface area (Å²) in [5.41, 5.74) is 2.40. The summed E-state index contributed by atoms with van der Waals surface area (Å²) >= 11 is 0. The number of nitrogens with one attached hydrogen (secondary N) is 1. The summed E-state index contributed by atoms with van der Waals surface area (Å²) in [4.78, 5) is 31.6. The van der Waals surface area contributed by atoms with Crippen LogP contribution < -0.4 is 10.5 Å². The van der Waals surface area contributed by atoms with Crippen molar-refractivity contribution in [3.8, 4) is 11.3 Å². The first kappa shape index (κ1) is 29.0. The van der Waals surface area contributed by atoms with Crippen LogP contribution in [0.1, 0.15) is 48.9 Å². The maximum atomic E-state index is 13.4. The number of ether oxygens (including phenoxy) is 1. The number of hydrogen-bond donors (Lipinski definition) is 3. The van der Waals surface area contributed by atoms with Crippen molar-refractivity contribution in [3.05, 3.63) is 60.2 Å². The normalized spacial score (nSPS) is 20.0. The molecule has 2 aromatic carbocycles. The van der Waals surface area contributed by atoms with Gasteiger partial charge in [-0.25, -0.2) is 23.3 Å². The highest BCUT2D eigenvalue weighted by Crippen LogP contribution is 2.31. The third kappa shape index (κ3) is 7.03. The lowest BCUT2D eigenvalue weighted by atomic mass is 9.81. The number of hydrogen-bond acceptors (Lipinski definition) is 6. The van der Waals surface area contributed by atoms with Crippen molar-refractivity contribution in [1.82, 2.24) is 15.2 Å². The highest BCUT2D eigenvalue weighted by molar-refractivity contribution is 7.89. The average molecular weight is 581 g/mol. The van der Waals surface area contributed by atoms with Crippen LogP contribution in [0.2, 0.25) is 0 Å². The van der Waals surface area contributed by atoms with Gasteiger partial charge in [0.2, 0.25) is 10.0 Å². The van der Waals surface area contributed by atoms with E-state index in [1.807, 2.05) is 24.3 Å². The second-order valence-corrected chi connectivity index (χ2v) is 12.6. The third-order valence-electron chi connectivity index (χ3n) is 8.29. The van der Waals surface area contributed by atoms with Crippen molar-refractivity contribution in [2.45, 2.75) is 49.5 Å². The van der Waals surface area contributed by atoms with E-state index >= 15 is 0 Å². The molecule has 2 amide bonds. The van der Waals surface area contributed by atoms with Crippen LogP contribution in [-0.2, 0) is 14.8 Å². The van der Waals surface area contributed by atoms with Gasteiger partial charge in [-0.15, -0.1) is 0 Å². The van der Waals surface area contributed by atoms with E-state index in [-0.39, 0.29) is 16.8 Å². The summed E-state index contributed by atoms with van der Waals surface area (Å²) in [5.74, 6) is 0.466. The molecule has 5 rings (SSSR count). The van der Waals surface area contributed by atoms with E-state index in [0.717, 1.165) is 43.9 Å². The Kier molecular flexibility index (Phi) is 8.86. The minimum absolute atomic E-state index is 0.00832. The maximum absolute atomic E-state index is 13.4. The Balaban J connectivity index is 1.22. The van der Waals surface area contributed by atoms with Crippen LogP contribution in [0.25, 0.3) is 22.2 Å². The minimum atomic E-state index is -3.81. The number of nitrogens with two attached hydrogens (primary N) is 1. The number of carbonyl (C=O) groups is 2. The maximum Gasteiger partial charge on any atom is 0.407 e. The van der Waals surface area contributed by atoms with Crippen molar-refractivity contribution in [1.29, 1.82) is 0 Å². The molecule has 0 unspecified atom stereocenters. The number of fused-ring (bicyclic) bond motifs is 1. The zero-order chi connectivity index (χ0) is 29.0. The lowest BCUT2D eigenvalue weighted by Crippen LogP contribution is -2.45. The summed E-state index contributed by atoms with van der Waals surface area (Å²) in [6.45, 7) is 2.33. The fourth-order valence-electron chi connectivity index (χ4n) is 5.94. The van der Waals surface area contributed by atoms with Crippen LogP contribution in [0.15, 0.2) is 59.5 Å². The molecule has 218 valence electrons. The zero-order valence-corrected chi connectivity index (χ0v) is 23.7. The van der Waals surface area contributed by atoms with Crippen LogP contribution in [0.5, 0.6) is 0 Å². The van der Waals surface area contributed by atoms with Crippen molar-refractivity contribution in [2.24, 2.45) is 17.0 Å². The Labute approximate surface area is 239 Å². The van der Waals surface area contributed by atoms with Crippen molar-refractivity contribution < 1.29 is 27.9 Å². The first-order chi connectivity index (χ1) is 19.7. The number of rotatable bonds is 8. The highest BCUT2D eigenvalue weighted by Gasteiger charge is 2.30. The van der Waals surface area contributed by atoms with Crippen molar-refractivity contribution in [2.75, 3.05) is 26.3 Å². The molecule has 1 aliphatic carbocycles. The van der Waals surface area contributed by atoms with E-state index in [4.69, 9.17) is 14.9 Å². The summed E-state index contributed by atoms with van der Waals surface area (Å²) in [5, 5.41) is 18.9. The van der Waals surface area contributed by atoms with E-state index in [2.05, 4.69) is 5.32 Å². The third-order valence-corrected chi connectivity index (χ3v) is 9.22. The first-order valence-electron chi connectivity index (χ1n) is 14.1. The van der Waals surface area contributed by atoms with Gasteiger partial charge < -0.3 is 20.1 Å². The van der Waals surface area contributed by atoms with Crippen LogP contribution in [0.3, 0.4) is 0 Å². The van der Waals surface area contributed by atoms with Crippen molar-refractivity contribution in [3.63, 3.8) is 0 Å². The number of carboxylic acid groups (broad SMARTS) is 1. The molecular weight excluding hydrogens is 544 g/mol. The van der Waals surface area contributed by atoms with Gasteiger partial charge in [-0.1, -0.05) is 30.3 Å². The summed E-state index contributed by atoms with van der Waals surface area (Å²) in [6.07, 6.45) is 4.39. The molecule has 3 aromatic rings. The molecular formula is C30H36N4O6S. The molecule has 4 N–H and O–H groups in total. The molecule has 0 atom stereocenters. The highest BCUT2D eigenvalue weighted by atomic mass is 32.2. The van der Waals surface area contributed by atoms with E-state index < -0.39 is 16.1 Å². The molecule has 0 radical (unpaired) electrons. The molecule has 1 saturated heterocycles. The van der Waals surface area contributed by atoms with E-state index in [1.165, 1.54) is 12.1 Å². The van der Waals surface area contributed by atoms with Crippen LogP contribution in [0.4, 0.5) is 4.79 Å². The average Bonchev–Trinajstić information content (AvgIpc) is 2.98. The van der Waals surface area contributed by atoms with Gasteiger partial charge in [0, 0.05) is 43.3 Å². The Hall–Kier alpha value is -3.54. The van der Waals surface area contributed by atoms with Crippen LogP contribution in [-0.4, -0.2) is 67.8 Å². The van der Waals surface area contributed by atoms with Gasteiger partial charge in [-0.05, 0) is 74.6 Å². The molecule has 10 nitrogen and oxygen atoms in total. The monoisotopic (exact) mass is 580 g/mol. The van der Waals surface area contributed by atoms with Crippen LogP contribution in [0, 0.1) is 11.8 Å². The molecule has 1 aliphatic heterocycles. The number of benzene rings is 2. The van der Waals surface area contributed by atoms with Gasteiger partial charge >= 0.3 is 6.09 Å². The molecule has 1 aromatic heterocycles. The molecule has 2 fully saturated rings. The molecule has 1 saturated carbocycles. The summed E-state index contributed by atoms with van der Waals surface area (Å²) < 4.78 is 28.7. The van der Waals surface area contributed by atoms with Gasteiger partial charge in [-0.2, -0.15) is 0 Å². The van der Waals surface area contributed by atoms with Crippen LogP contribution >= 0.6 is 0 Å². The van der Waals surface area contributed by atoms with E-state index in [0.29, 0.717) is 60.5 Å². The zero-order valence-electron chi connectivity index (χ0n) is 22.9. The predicted molar refractivity (Wildman–Crippen MR) is 155 cm³/mol. The number of aromatic nitrogens is 1. The van der Waals surface area contributed by atoms with Gasteiger partial charge in [0.05, 0.1) is 21.7 Å². The molecule has 2 aliphatic rings. The van der Waals surface area contributed by atoms with Crippen molar-refractivity contribution >= 4 is 32.9 Å². The van der Waals surface area contributed by atoms with Gasteiger partial charge in [-0.3, -0.25) is 4.79 Å². The number of primary sulfonamides is 1. The number of carbonyl (C=O) groups excluding carboxylic acids is 1. The number of para-hydroxylation sites is 1. The summed E-state index contributed by atoms with van der Waals surface area (Å²) in [6, 6.07) is 15.3. The second kappa shape index (κ2) is 12.5. The lowest BCUT2D eigenvalue weighted by molar-refractivity contribution is 0.0277. The smallest absolute Gasteiger partial charge is 0.407 e. The number of nitrogens with zero attached hydrogens (tertiary/aromatic N) is 2. The number of pyridine rings is 1. The Morgan fingerprint density at radius 3 is 2.29 bits per heavy atom. The Morgan fingerprint density at radius 2 is 1.63 bits per heavy atom. The van der Waals surface area contributed by atoms with Gasteiger partial charge in [0.1, 0.15) is 0 Å². The second-order valence-electron chi connectivity index (χ2n) is 11.0. The van der Waals surface area contributed by atoms with E-state index in [9.17, 15) is 23.1 Å². The molecule has 11 heteroatoms. The molecule has 2 heterocycles. The predicted octanol–water partition coefficient (Wildman–Crippen LogP) is 4.24. The lowest BCUT2D eigenvalue weighted by Gasteiger charge is -2.37. The SMILES string of the molecule is NS(=O)(=O)c1ccc(-c2cc(C(=O)NCC3CCC(CN(C(=O)O)C4CCOCC4)CC3)c3ccccc3n2)cc1. The number of sulfonamides is 1. The molecule has 41 heavy (non-hydrogen) atoms. The molecule has 0 spiro atoms. The van der Waals surface area contributed by atoms with Gasteiger partial charge in [0.25, 0.3) is 5.91 Å². The quantitative estimate of drug-likeness (QED) is 0.360. The Bertz CT molecular complexity index is 1500. The minimum Gasteiger partial charge on any atom is -0.465 e. The van der Waals surface area contributed by atoms with Gasteiger partial charge in [0.15, 0.2) is 0 Å². The first-order valence-corrected chi connectivity index (χ1v) is 15.6. The standard InChI is InChI=1S/C30H36N4O6S/c31-41(38,39)24-11-9-22(10-12-24)28-17-26(25-3-1-2-4-27(25)33-28)29(35)32-18-20-5-7-21(8-6-20)19-34(30(36)37)23-13-15-40-16-14-23/h1-4,9-12,17,20-21,23H,5-8,13-16,18-19H2,(H,32,35)(H,36,37)(H2,31,38,39). The fourth-order valence-corrected chi connectivity index (χ4v) is 6.45. The number of amides is 2. The topological polar surface area (TPSA) is 152 Å². The largest absolute Gasteiger partial charge is 0.465 e. The van der Waals surface area contributed by atoms with E-state index in [1.54, 1.807) is 23.1 Å².